The van der Waals surface area contributed by atoms with Crippen molar-refractivity contribution >= 4 is 11.0 Å². The lowest BCUT2D eigenvalue weighted by Gasteiger charge is -2.13. The van der Waals surface area contributed by atoms with Crippen LogP contribution in [0.3, 0.4) is 0 Å². The average molecular weight is 399 g/mol. The molecule has 0 radical (unpaired) electrons. The Labute approximate surface area is 179 Å². The normalized spacial score (nSPS) is 11.4. The summed E-state index contributed by atoms with van der Waals surface area (Å²) < 4.78 is 8.64. The van der Waals surface area contributed by atoms with Crippen LogP contribution in [-0.4, -0.2) is 9.55 Å². The molecular formula is C27H30N2O. The summed E-state index contributed by atoms with van der Waals surface area (Å²) in [4.78, 5) is 4.66. The van der Waals surface area contributed by atoms with Crippen LogP contribution in [-0.2, 0) is 13.2 Å². The highest BCUT2D eigenvalue weighted by molar-refractivity contribution is 5.86. The van der Waals surface area contributed by atoms with Gasteiger partial charge in [-0.25, -0.2) is 0 Å². The van der Waals surface area contributed by atoms with Crippen LogP contribution < -0.4 is 4.74 Å². The Morgan fingerprint density at radius 3 is 2.20 bits per heavy atom. The maximum atomic E-state index is 6.31. The molecule has 4 aromatic rings. The molecule has 154 valence electrons. The van der Waals surface area contributed by atoms with Crippen LogP contribution in [0.25, 0.3) is 11.0 Å². The van der Waals surface area contributed by atoms with Crippen molar-refractivity contribution in [1.82, 2.24) is 9.55 Å². The van der Waals surface area contributed by atoms with E-state index in [0.717, 1.165) is 23.3 Å². The van der Waals surface area contributed by atoms with Crippen LogP contribution in [0.1, 0.15) is 53.3 Å². The van der Waals surface area contributed by atoms with E-state index < -0.39 is 0 Å². The van der Waals surface area contributed by atoms with Crippen LogP contribution in [0.2, 0.25) is 0 Å². The Hall–Kier alpha value is -3.07. The standard InChI is InChI=1S/C27H30N2O/c1-18(2)24-12-10-23(11-13-24)17-30-25-14-15-28-26-20(4)21(5)29(27(25)26)16-22-8-6-19(3)7-9-22/h6-15,18H,16-17H2,1-5H3. The van der Waals surface area contributed by atoms with E-state index in [4.69, 9.17) is 4.74 Å². The van der Waals surface area contributed by atoms with E-state index in [9.17, 15) is 0 Å². The maximum Gasteiger partial charge on any atom is 0.147 e. The third-order valence-electron chi connectivity index (χ3n) is 5.96. The van der Waals surface area contributed by atoms with Crippen molar-refractivity contribution in [2.75, 3.05) is 0 Å². The molecule has 0 aliphatic rings. The molecule has 0 aliphatic carbocycles. The smallest absolute Gasteiger partial charge is 0.147 e. The number of aryl methyl sites for hydroxylation is 2. The largest absolute Gasteiger partial charge is 0.487 e. The molecule has 4 rings (SSSR count). The number of aromatic nitrogens is 2. The van der Waals surface area contributed by atoms with Gasteiger partial charge in [-0.2, -0.15) is 0 Å². The molecule has 3 heteroatoms. The zero-order valence-electron chi connectivity index (χ0n) is 18.6. The van der Waals surface area contributed by atoms with Gasteiger partial charge in [0.25, 0.3) is 0 Å². The third-order valence-corrected chi connectivity index (χ3v) is 5.96. The van der Waals surface area contributed by atoms with Crippen LogP contribution in [0.15, 0.2) is 60.8 Å². The predicted molar refractivity (Wildman–Crippen MR) is 124 cm³/mol. The molecule has 0 fully saturated rings. The first kappa shape index (κ1) is 20.2. The number of benzene rings is 2. The molecule has 2 aromatic heterocycles. The van der Waals surface area contributed by atoms with Gasteiger partial charge in [0, 0.05) is 24.5 Å². The SMILES string of the molecule is Cc1ccc(Cn2c(C)c(C)c3nccc(OCc4ccc(C(C)C)cc4)c32)cc1. The zero-order chi connectivity index (χ0) is 21.3. The van der Waals surface area contributed by atoms with E-state index in [1.807, 2.05) is 12.3 Å². The van der Waals surface area contributed by atoms with E-state index in [-0.39, 0.29) is 0 Å². The number of fused-ring (bicyclic) bond motifs is 1. The minimum atomic E-state index is 0.538. The Balaban J connectivity index is 1.66. The summed E-state index contributed by atoms with van der Waals surface area (Å²) in [5.74, 6) is 1.42. The summed E-state index contributed by atoms with van der Waals surface area (Å²) in [6.45, 7) is 12.2. The summed E-state index contributed by atoms with van der Waals surface area (Å²) in [7, 11) is 0. The van der Waals surface area contributed by atoms with Gasteiger partial charge in [0.2, 0.25) is 0 Å². The van der Waals surface area contributed by atoms with Gasteiger partial charge in [0.1, 0.15) is 17.9 Å². The summed E-state index contributed by atoms with van der Waals surface area (Å²) >= 11 is 0. The van der Waals surface area contributed by atoms with Crippen molar-refractivity contribution in [1.29, 1.82) is 0 Å². The Kier molecular flexibility index (Phi) is 5.63. The molecule has 0 bridgehead atoms. The summed E-state index contributed by atoms with van der Waals surface area (Å²) in [6, 6.07) is 19.4. The van der Waals surface area contributed by atoms with Crippen LogP contribution in [0.4, 0.5) is 0 Å². The van der Waals surface area contributed by atoms with Gasteiger partial charge >= 0.3 is 0 Å². The fourth-order valence-electron chi connectivity index (χ4n) is 3.86. The highest BCUT2D eigenvalue weighted by atomic mass is 16.5. The first-order valence-electron chi connectivity index (χ1n) is 10.7. The summed E-state index contributed by atoms with van der Waals surface area (Å²) in [6.07, 6.45) is 1.85. The number of hydrogen-bond donors (Lipinski definition) is 0. The minimum absolute atomic E-state index is 0.538. The van der Waals surface area contributed by atoms with Crippen molar-refractivity contribution in [3.8, 4) is 5.75 Å². The number of hydrogen-bond acceptors (Lipinski definition) is 2. The molecule has 0 aliphatic heterocycles. The fraction of sp³-hybridized carbons (Fsp3) is 0.296. The maximum absolute atomic E-state index is 6.31. The topological polar surface area (TPSA) is 27.1 Å². The van der Waals surface area contributed by atoms with Crippen molar-refractivity contribution in [3.63, 3.8) is 0 Å². The van der Waals surface area contributed by atoms with E-state index in [2.05, 4.69) is 92.7 Å². The van der Waals surface area contributed by atoms with Gasteiger partial charge in [-0.15, -0.1) is 0 Å². The lowest BCUT2D eigenvalue weighted by Crippen LogP contribution is -2.04. The van der Waals surface area contributed by atoms with Gasteiger partial charge in [-0.05, 0) is 48.9 Å². The van der Waals surface area contributed by atoms with E-state index in [1.54, 1.807) is 0 Å². The number of nitrogens with zero attached hydrogens (tertiary/aromatic N) is 2. The monoisotopic (exact) mass is 398 g/mol. The fourth-order valence-corrected chi connectivity index (χ4v) is 3.86. The molecule has 2 aromatic carbocycles. The second kappa shape index (κ2) is 8.35. The van der Waals surface area contributed by atoms with E-state index in [0.29, 0.717) is 12.5 Å². The second-order valence-electron chi connectivity index (χ2n) is 8.47. The van der Waals surface area contributed by atoms with Crippen molar-refractivity contribution in [2.24, 2.45) is 0 Å². The van der Waals surface area contributed by atoms with Crippen LogP contribution in [0.5, 0.6) is 5.75 Å². The molecule has 0 spiro atoms. The molecule has 0 atom stereocenters. The lowest BCUT2D eigenvalue weighted by molar-refractivity contribution is 0.308. The molecule has 0 N–H and O–H groups in total. The first-order chi connectivity index (χ1) is 14.4. The van der Waals surface area contributed by atoms with Gasteiger partial charge in [0.05, 0.1) is 5.52 Å². The predicted octanol–water partition coefficient (Wildman–Crippen LogP) is 6.71. The molecular weight excluding hydrogens is 368 g/mol. The molecule has 3 nitrogen and oxygen atoms in total. The Morgan fingerprint density at radius 1 is 0.867 bits per heavy atom. The summed E-state index contributed by atoms with van der Waals surface area (Å²) in [5, 5.41) is 0. The second-order valence-corrected chi connectivity index (χ2v) is 8.47. The van der Waals surface area contributed by atoms with Crippen molar-refractivity contribution in [2.45, 2.75) is 53.7 Å². The third kappa shape index (κ3) is 3.97. The first-order valence-corrected chi connectivity index (χ1v) is 10.7. The minimum Gasteiger partial charge on any atom is -0.487 e. The summed E-state index contributed by atoms with van der Waals surface area (Å²) in [5.41, 5.74) is 9.62. The van der Waals surface area contributed by atoms with Gasteiger partial charge in [-0.3, -0.25) is 4.98 Å². The molecule has 0 saturated carbocycles. The highest BCUT2D eigenvalue weighted by Crippen LogP contribution is 2.32. The molecule has 2 heterocycles. The van der Waals surface area contributed by atoms with Crippen molar-refractivity contribution in [3.05, 3.63) is 94.3 Å². The van der Waals surface area contributed by atoms with E-state index in [1.165, 1.54) is 33.5 Å². The van der Waals surface area contributed by atoms with Gasteiger partial charge in [-0.1, -0.05) is 67.9 Å². The zero-order valence-corrected chi connectivity index (χ0v) is 18.6. The van der Waals surface area contributed by atoms with Gasteiger partial charge < -0.3 is 9.30 Å². The molecule has 0 unspecified atom stereocenters. The quantitative estimate of drug-likeness (QED) is 0.361. The van der Waals surface area contributed by atoms with Crippen molar-refractivity contribution < 1.29 is 4.74 Å². The highest BCUT2D eigenvalue weighted by Gasteiger charge is 2.17. The Morgan fingerprint density at radius 2 is 1.53 bits per heavy atom. The Bertz CT molecular complexity index is 1150. The van der Waals surface area contributed by atoms with Crippen LogP contribution >= 0.6 is 0 Å². The average Bonchev–Trinajstić information content (AvgIpc) is 2.99. The molecule has 30 heavy (non-hydrogen) atoms. The van der Waals surface area contributed by atoms with E-state index >= 15 is 0 Å². The molecule has 0 saturated heterocycles. The number of rotatable bonds is 6. The number of pyridine rings is 1. The molecule has 0 amide bonds. The van der Waals surface area contributed by atoms with Gasteiger partial charge in [0.15, 0.2) is 0 Å². The number of ether oxygens (including phenoxy) is 1. The van der Waals surface area contributed by atoms with Crippen LogP contribution in [0, 0.1) is 20.8 Å². The lowest BCUT2D eigenvalue weighted by atomic mass is 10.0.